The van der Waals surface area contributed by atoms with Gasteiger partial charge in [-0.05, 0) is 67.1 Å². The van der Waals surface area contributed by atoms with Crippen LogP contribution in [0.25, 0.3) is 43.1 Å². The molecule has 254 valence electrons. The van der Waals surface area contributed by atoms with Gasteiger partial charge in [0.1, 0.15) is 18.8 Å². The van der Waals surface area contributed by atoms with Crippen molar-refractivity contribution in [3.8, 4) is 0 Å². The zero-order valence-electron chi connectivity index (χ0n) is 29.9. The maximum atomic E-state index is 2.95. The topological polar surface area (TPSA) is 3.24 Å². The molecule has 2 fully saturated rings. The molecule has 2 saturated heterocycles. The smallest absolute Gasteiger partial charge is 0.136 e. The predicted molar refractivity (Wildman–Crippen MR) is 218 cm³/mol. The van der Waals surface area contributed by atoms with Gasteiger partial charge >= 0.3 is 0 Å². The predicted octanol–water partition coefficient (Wildman–Crippen LogP) is 12.9. The lowest BCUT2D eigenvalue weighted by Crippen LogP contribution is -2.52. The molecule has 4 atom stereocenters. The Kier molecular flexibility index (Phi) is 7.71. The third kappa shape index (κ3) is 5.08. The monoisotopic (exact) mass is 673 g/mol. The third-order valence-electron chi connectivity index (χ3n) is 12.8. The van der Waals surface area contributed by atoms with E-state index in [0.29, 0.717) is 24.2 Å². The van der Waals surface area contributed by atoms with Crippen LogP contribution < -0.4 is 0 Å². The highest BCUT2D eigenvalue weighted by Crippen LogP contribution is 2.55. The van der Waals surface area contributed by atoms with Gasteiger partial charge in [-0.15, -0.1) is 0 Å². The van der Waals surface area contributed by atoms with E-state index in [4.69, 9.17) is 0 Å². The standard InChI is InChI=1S/C50H45N2/c1-52(49(45-28-12-20-37-16-4-8-24-41(37)45)32-33-50(52)46-29-13-21-38-17-5-9-25-42(38)46)34-51-47(43-26-10-18-35-14-2-6-22-39(35)43)30-31-48(51)44-27-11-19-36-15-3-7-23-40(36)44/h2-29,47-50H,30-34H2,1H3/q+1. The Hall–Kier alpha value is -5.28. The summed E-state index contributed by atoms with van der Waals surface area (Å²) in [5.74, 6) is 0. The highest BCUT2D eigenvalue weighted by molar-refractivity contribution is 5.89. The van der Waals surface area contributed by atoms with Crippen LogP contribution in [0.2, 0.25) is 0 Å². The van der Waals surface area contributed by atoms with Crippen molar-refractivity contribution in [2.45, 2.75) is 49.9 Å². The molecule has 0 aromatic heterocycles. The molecule has 2 aliphatic rings. The van der Waals surface area contributed by atoms with Crippen LogP contribution in [0.5, 0.6) is 0 Å². The second-order valence-corrected chi connectivity index (χ2v) is 15.5. The number of fused-ring (bicyclic) bond motifs is 4. The van der Waals surface area contributed by atoms with Crippen molar-refractivity contribution < 1.29 is 4.48 Å². The molecule has 0 saturated carbocycles. The van der Waals surface area contributed by atoms with E-state index in [0.717, 1.165) is 36.8 Å². The average molecular weight is 674 g/mol. The van der Waals surface area contributed by atoms with Gasteiger partial charge in [0.2, 0.25) is 0 Å². The first-order chi connectivity index (χ1) is 25.7. The largest absolute Gasteiger partial charge is 0.301 e. The van der Waals surface area contributed by atoms with Crippen molar-refractivity contribution >= 4 is 43.1 Å². The molecular formula is C50H45N2+. The minimum absolute atomic E-state index is 0.312. The summed E-state index contributed by atoms with van der Waals surface area (Å²) in [5.41, 5.74) is 5.92. The fraction of sp³-hybridized carbons (Fsp3) is 0.200. The van der Waals surface area contributed by atoms with E-state index in [1.807, 2.05) is 0 Å². The molecule has 0 N–H and O–H groups in total. The molecule has 0 spiro atoms. The number of quaternary nitrogens is 1. The lowest BCUT2D eigenvalue weighted by Gasteiger charge is -2.47. The zero-order chi connectivity index (χ0) is 34.6. The van der Waals surface area contributed by atoms with Crippen LogP contribution in [0, 0.1) is 0 Å². The van der Waals surface area contributed by atoms with Crippen molar-refractivity contribution in [3.63, 3.8) is 0 Å². The highest BCUT2D eigenvalue weighted by Gasteiger charge is 2.52. The van der Waals surface area contributed by atoms with Crippen molar-refractivity contribution in [2.75, 3.05) is 13.7 Å². The number of nitrogens with zero attached hydrogens (tertiary/aromatic N) is 2. The normalized spacial score (nSPS) is 23.6. The van der Waals surface area contributed by atoms with Crippen LogP contribution in [0.15, 0.2) is 170 Å². The molecule has 4 unspecified atom stereocenters. The highest BCUT2D eigenvalue weighted by atomic mass is 15.5. The summed E-state index contributed by atoms with van der Waals surface area (Å²) in [4.78, 5) is 2.95. The van der Waals surface area contributed by atoms with Gasteiger partial charge in [-0.1, -0.05) is 170 Å². The zero-order valence-corrected chi connectivity index (χ0v) is 29.9. The van der Waals surface area contributed by atoms with E-state index in [-0.39, 0.29) is 0 Å². The third-order valence-corrected chi connectivity index (χ3v) is 12.8. The maximum Gasteiger partial charge on any atom is 0.136 e. The second kappa shape index (κ2) is 12.7. The van der Waals surface area contributed by atoms with E-state index in [1.165, 1.54) is 65.3 Å². The van der Waals surface area contributed by atoms with Crippen molar-refractivity contribution in [1.82, 2.24) is 4.90 Å². The summed E-state index contributed by atoms with van der Waals surface area (Å²) in [6.45, 7) is 0.962. The summed E-state index contributed by atoms with van der Waals surface area (Å²) in [6.07, 6.45) is 4.59. The molecule has 2 aliphatic heterocycles. The SMILES string of the molecule is C[N+]1(CN2C(c3cccc4ccccc34)CCC2c2cccc3ccccc23)C(c2cccc3ccccc23)CCC1c1cccc2ccccc12. The van der Waals surface area contributed by atoms with E-state index < -0.39 is 0 Å². The second-order valence-electron chi connectivity index (χ2n) is 15.5. The van der Waals surface area contributed by atoms with Crippen molar-refractivity contribution in [1.29, 1.82) is 0 Å². The Balaban J connectivity index is 1.18. The van der Waals surface area contributed by atoms with Crippen molar-refractivity contribution in [2.24, 2.45) is 0 Å². The fourth-order valence-corrected chi connectivity index (χ4v) is 10.5. The Morgan fingerprint density at radius 1 is 0.385 bits per heavy atom. The molecule has 0 radical (unpaired) electrons. The number of likely N-dealkylation sites (tertiary alicyclic amines) is 2. The Morgan fingerprint density at radius 2 is 0.692 bits per heavy atom. The lowest BCUT2D eigenvalue weighted by molar-refractivity contribution is -0.964. The van der Waals surface area contributed by atoms with E-state index in [9.17, 15) is 0 Å². The fourth-order valence-electron chi connectivity index (χ4n) is 10.5. The molecule has 8 aromatic rings. The number of hydrogen-bond donors (Lipinski definition) is 0. The van der Waals surface area contributed by atoms with Crippen LogP contribution in [0.3, 0.4) is 0 Å². The number of rotatable bonds is 6. The minimum atomic E-state index is 0.312. The molecular weight excluding hydrogens is 629 g/mol. The van der Waals surface area contributed by atoms with Gasteiger partial charge in [-0.25, -0.2) is 4.90 Å². The molecule has 0 amide bonds. The van der Waals surface area contributed by atoms with Crippen LogP contribution in [0.4, 0.5) is 0 Å². The van der Waals surface area contributed by atoms with Crippen LogP contribution in [-0.2, 0) is 0 Å². The molecule has 0 aliphatic carbocycles. The van der Waals surface area contributed by atoms with Gasteiger partial charge in [-0.3, -0.25) is 0 Å². The number of hydrogen-bond acceptors (Lipinski definition) is 1. The Labute approximate surface area is 307 Å². The molecule has 0 bridgehead atoms. The quantitative estimate of drug-likeness (QED) is 0.159. The average Bonchev–Trinajstić information content (AvgIpc) is 3.76. The summed E-state index contributed by atoms with van der Waals surface area (Å²) in [7, 11) is 2.60. The van der Waals surface area contributed by atoms with E-state index in [1.54, 1.807) is 0 Å². The first-order valence-corrected chi connectivity index (χ1v) is 19.2. The first kappa shape index (κ1) is 31.5. The molecule has 2 nitrogen and oxygen atoms in total. The summed E-state index contributed by atoms with van der Waals surface area (Å²) in [5, 5.41) is 10.9. The van der Waals surface area contributed by atoms with Crippen LogP contribution >= 0.6 is 0 Å². The summed E-state index contributed by atoms with van der Waals surface area (Å²) >= 11 is 0. The Bertz CT molecular complexity index is 2390. The maximum absolute atomic E-state index is 2.95. The summed E-state index contributed by atoms with van der Waals surface area (Å²) in [6, 6.07) is 65.5. The summed E-state index contributed by atoms with van der Waals surface area (Å²) < 4.78 is 0.949. The van der Waals surface area contributed by atoms with Gasteiger partial charge in [-0.2, -0.15) is 0 Å². The molecule has 2 heterocycles. The first-order valence-electron chi connectivity index (χ1n) is 19.2. The molecule has 52 heavy (non-hydrogen) atoms. The van der Waals surface area contributed by atoms with Crippen LogP contribution in [0.1, 0.15) is 72.1 Å². The lowest BCUT2D eigenvalue weighted by atomic mass is 9.95. The van der Waals surface area contributed by atoms with Gasteiger partial charge in [0.25, 0.3) is 0 Å². The van der Waals surface area contributed by atoms with E-state index >= 15 is 0 Å². The van der Waals surface area contributed by atoms with Gasteiger partial charge in [0, 0.05) is 36.1 Å². The Morgan fingerprint density at radius 3 is 1.08 bits per heavy atom. The van der Waals surface area contributed by atoms with Gasteiger partial charge in [0.05, 0.1) is 7.05 Å². The molecule has 10 rings (SSSR count). The molecule has 2 heteroatoms. The van der Waals surface area contributed by atoms with E-state index in [2.05, 4.69) is 182 Å². The van der Waals surface area contributed by atoms with Crippen LogP contribution in [-0.4, -0.2) is 23.1 Å². The minimum Gasteiger partial charge on any atom is -0.301 e. The van der Waals surface area contributed by atoms with Crippen molar-refractivity contribution in [3.05, 3.63) is 192 Å². The van der Waals surface area contributed by atoms with Gasteiger partial charge in [0.15, 0.2) is 0 Å². The molecule has 8 aromatic carbocycles. The van der Waals surface area contributed by atoms with Gasteiger partial charge < -0.3 is 4.48 Å². The number of benzene rings is 8.